The minimum atomic E-state index is -2.55. The lowest BCUT2D eigenvalue weighted by atomic mass is 9.71. The third-order valence-corrected chi connectivity index (χ3v) is 11.8. The van der Waals surface area contributed by atoms with Crippen molar-refractivity contribution in [2.45, 2.75) is 78.8 Å². The van der Waals surface area contributed by atoms with Crippen molar-refractivity contribution in [1.82, 2.24) is 4.98 Å². The number of furan rings is 1. The number of nitrogens with zero attached hydrogens (tertiary/aromatic N) is 1. The van der Waals surface area contributed by atoms with Crippen molar-refractivity contribution in [3.63, 3.8) is 0 Å². The lowest BCUT2D eigenvalue weighted by Crippen LogP contribution is -2.37. The Bertz CT molecular complexity index is 2300. The first-order chi connectivity index (χ1) is 24.3. The summed E-state index contributed by atoms with van der Waals surface area (Å²) in [5.41, 5.74) is 5.94. The number of aromatic nitrogens is 1. The van der Waals surface area contributed by atoms with Gasteiger partial charge in [-0.15, -0.1) is 0 Å². The first kappa shape index (κ1) is 22.5. The molecule has 45 heavy (non-hydrogen) atoms. The van der Waals surface area contributed by atoms with Crippen LogP contribution in [-0.2, 0) is 0 Å². The first-order valence-electron chi connectivity index (χ1n) is 19.5. The molecule has 7 rings (SSSR count). The molecular weight excluding hydrogens is 563 g/mol. The fourth-order valence-electron chi connectivity index (χ4n) is 6.74. The molecule has 2 aromatic heterocycles. The van der Waals surface area contributed by atoms with Crippen LogP contribution in [0.5, 0.6) is 0 Å². The zero-order chi connectivity index (χ0) is 37.4. The molecule has 3 heteroatoms. The van der Waals surface area contributed by atoms with Crippen LogP contribution in [0.3, 0.4) is 0 Å². The van der Waals surface area contributed by atoms with Crippen LogP contribution in [0.15, 0.2) is 95.5 Å². The second kappa shape index (κ2) is 11.1. The number of hydrogen-bond acceptors (Lipinski definition) is 2. The Hall–Kier alpha value is -3.95. The number of benzene rings is 4. The van der Waals surface area contributed by atoms with E-state index in [1.54, 1.807) is 18.2 Å². The monoisotopic (exact) mass is 614 g/mol. The van der Waals surface area contributed by atoms with Crippen LogP contribution < -0.4 is 5.19 Å². The second-order valence-corrected chi connectivity index (χ2v) is 19.5. The number of fused-ring (bicyclic) bond motifs is 3. The zero-order valence-electron chi connectivity index (χ0n) is 33.8. The number of hydrogen-bond donors (Lipinski definition) is 0. The van der Waals surface area contributed by atoms with Crippen molar-refractivity contribution in [1.29, 1.82) is 0 Å². The Balaban J connectivity index is 1.38. The summed E-state index contributed by atoms with van der Waals surface area (Å²) in [5, 5.41) is 3.24. The molecule has 0 saturated heterocycles. The summed E-state index contributed by atoms with van der Waals surface area (Å²) in [6, 6.07) is 27.5. The Labute approximate surface area is 279 Å². The number of aryl methyl sites for hydroxylation is 2. The smallest absolute Gasteiger partial charge is 0.144 e. The molecule has 0 spiro atoms. The summed E-state index contributed by atoms with van der Waals surface area (Å²) >= 11 is 0. The largest absolute Gasteiger partial charge is 0.455 e. The van der Waals surface area contributed by atoms with E-state index < -0.39 is 27.7 Å². The molecule has 4 aromatic carbocycles. The van der Waals surface area contributed by atoms with Gasteiger partial charge >= 0.3 is 0 Å². The Morgan fingerprint density at radius 3 is 2.09 bits per heavy atom. The van der Waals surface area contributed by atoms with Crippen molar-refractivity contribution in [2.75, 3.05) is 0 Å². The predicted molar refractivity (Wildman–Crippen MR) is 195 cm³/mol. The highest BCUT2D eigenvalue weighted by Gasteiger charge is 2.28. The van der Waals surface area contributed by atoms with E-state index in [4.69, 9.17) is 12.6 Å². The van der Waals surface area contributed by atoms with E-state index in [0.29, 0.717) is 40.8 Å². The summed E-state index contributed by atoms with van der Waals surface area (Å²) in [5.74, 6) is -0.906. The standard InChI is InChI=1S/C42H45NOSi/c1-27-24-31(29-20-22-42(3,4)23-21-29)16-19-33(27)38-25-39(43-26-28(38)2)37-13-9-12-36-35-11-8-10-34(40(35)44-41(36)37)30-14-17-32(18-15-30)45(5,6)7/h8-19,24-26,29H,20-23H2,1-7H3/i1D3,2D3,29D. The van der Waals surface area contributed by atoms with Gasteiger partial charge < -0.3 is 4.42 Å². The fourth-order valence-corrected chi connectivity index (χ4v) is 7.91. The van der Waals surface area contributed by atoms with Gasteiger partial charge in [0, 0.05) is 37.7 Å². The fraction of sp³-hybridized carbons (Fsp3) is 0.310. The van der Waals surface area contributed by atoms with Gasteiger partial charge in [-0.1, -0.05) is 111 Å². The molecule has 6 aromatic rings. The van der Waals surface area contributed by atoms with Crippen LogP contribution in [0.4, 0.5) is 0 Å². The highest BCUT2D eigenvalue weighted by Crippen LogP contribution is 2.44. The molecule has 0 bridgehead atoms. The van der Waals surface area contributed by atoms with Gasteiger partial charge in [-0.25, -0.2) is 0 Å². The average Bonchev–Trinajstić information content (AvgIpc) is 3.47. The van der Waals surface area contributed by atoms with Gasteiger partial charge in [-0.3, -0.25) is 4.98 Å². The molecular formula is C42H45NOSi. The van der Waals surface area contributed by atoms with Crippen LogP contribution in [0, 0.1) is 19.1 Å². The lowest BCUT2D eigenvalue weighted by Gasteiger charge is -2.34. The highest BCUT2D eigenvalue weighted by atomic mass is 28.3. The molecule has 0 amide bonds. The molecule has 2 heterocycles. The second-order valence-electron chi connectivity index (χ2n) is 14.4. The summed E-state index contributed by atoms with van der Waals surface area (Å²) in [6.45, 7) is 6.30. The maximum atomic E-state index is 9.34. The van der Waals surface area contributed by atoms with Crippen molar-refractivity contribution in [2.24, 2.45) is 5.41 Å². The Morgan fingerprint density at radius 1 is 0.756 bits per heavy atom. The van der Waals surface area contributed by atoms with E-state index in [1.807, 2.05) is 36.4 Å². The van der Waals surface area contributed by atoms with Gasteiger partial charge in [-0.05, 0) is 96.2 Å². The quantitative estimate of drug-likeness (QED) is 0.181. The van der Waals surface area contributed by atoms with E-state index in [2.05, 4.69) is 68.8 Å². The molecule has 0 aliphatic heterocycles. The third-order valence-electron chi connectivity index (χ3n) is 9.69. The molecule has 0 radical (unpaired) electrons. The average molecular weight is 615 g/mol. The molecule has 0 unspecified atom stereocenters. The van der Waals surface area contributed by atoms with Crippen molar-refractivity contribution < 1.29 is 14.0 Å². The summed E-state index contributed by atoms with van der Waals surface area (Å²) in [7, 11) is -1.47. The maximum Gasteiger partial charge on any atom is 0.144 e. The van der Waals surface area contributed by atoms with Crippen LogP contribution >= 0.6 is 0 Å². The van der Waals surface area contributed by atoms with Crippen molar-refractivity contribution >= 4 is 35.2 Å². The predicted octanol–water partition coefficient (Wildman–Crippen LogP) is 11.8. The lowest BCUT2D eigenvalue weighted by molar-refractivity contribution is 0.224. The third kappa shape index (κ3) is 5.57. The van der Waals surface area contributed by atoms with E-state index in [-0.39, 0.29) is 22.1 Å². The number of rotatable bonds is 5. The van der Waals surface area contributed by atoms with E-state index in [0.717, 1.165) is 40.3 Å². The Kier molecular flexibility index (Phi) is 5.58. The van der Waals surface area contributed by atoms with Gasteiger partial charge in [0.05, 0.1) is 13.8 Å². The number of pyridine rings is 1. The van der Waals surface area contributed by atoms with Gasteiger partial charge in [0.15, 0.2) is 0 Å². The molecule has 228 valence electrons. The van der Waals surface area contributed by atoms with Crippen LogP contribution in [0.1, 0.15) is 71.7 Å². The topological polar surface area (TPSA) is 26.0 Å². The maximum absolute atomic E-state index is 9.34. The van der Waals surface area contributed by atoms with Crippen molar-refractivity contribution in [3.8, 4) is 33.5 Å². The van der Waals surface area contributed by atoms with E-state index >= 15 is 0 Å². The minimum Gasteiger partial charge on any atom is -0.455 e. The SMILES string of the molecule is [2H]C([2H])([2H])c1cnc(-c2cccc3c2oc2c(-c4ccc([Si](C)(C)C)cc4)cccc23)cc1-c1ccc(C2([2H])CCC(C)(C)CC2)cc1C([2H])([2H])[2H]. The molecule has 1 aliphatic rings. The minimum absolute atomic E-state index is 0.0321. The van der Waals surface area contributed by atoms with Crippen LogP contribution in [0.2, 0.25) is 19.6 Å². The van der Waals surface area contributed by atoms with Gasteiger partial charge in [0.1, 0.15) is 11.2 Å². The molecule has 0 N–H and O–H groups in total. The normalized spacial score (nSPS) is 19.2. The van der Waals surface area contributed by atoms with Crippen LogP contribution in [0.25, 0.3) is 55.4 Å². The van der Waals surface area contributed by atoms with Gasteiger partial charge in [0.2, 0.25) is 0 Å². The highest BCUT2D eigenvalue weighted by molar-refractivity contribution is 6.88. The zero-order valence-corrected chi connectivity index (χ0v) is 27.8. The number of para-hydroxylation sites is 2. The molecule has 1 saturated carbocycles. The van der Waals surface area contributed by atoms with Gasteiger partial charge in [0.25, 0.3) is 0 Å². The van der Waals surface area contributed by atoms with Crippen LogP contribution in [-0.4, -0.2) is 13.1 Å². The Morgan fingerprint density at radius 2 is 1.42 bits per heavy atom. The van der Waals surface area contributed by atoms with Gasteiger partial charge in [-0.2, -0.15) is 0 Å². The first-order valence-corrected chi connectivity index (χ1v) is 19.5. The molecule has 1 fully saturated rings. The molecule has 0 atom stereocenters. The summed E-state index contributed by atoms with van der Waals surface area (Å²) in [4.78, 5) is 4.66. The van der Waals surface area contributed by atoms with E-state index in [9.17, 15) is 1.37 Å². The summed E-state index contributed by atoms with van der Waals surface area (Å²) in [6.07, 6.45) is 4.35. The van der Waals surface area contributed by atoms with E-state index in [1.165, 1.54) is 11.4 Å². The van der Waals surface area contributed by atoms with Crippen molar-refractivity contribution in [3.05, 3.63) is 108 Å². The summed E-state index contributed by atoms with van der Waals surface area (Å²) < 4.78 is 66.9. The molecule has 2 nitrogen and oxygen atoms in total. The molecule has 1 aliphatic carbocycles.